The van der Waals surface area contributed by atoms with Crippen LogP contribution < -0.4 is 4.74 Å². The Labute approximate surface area is 172 Å². The first-order valence-corrected chi connectivity index (χ1v) is 9.45. The predicted octanol–water partition coefficient (Wildman–Crippen LogP) is 2.78. The molecule has 1 fully saturated rings. The summed E-state index contributed by atoms with van der Waals surface area (Å²) in [4.78, 5) is 37.6. The molecule has 0 saturated carbocycles. The third-order valence-electron chi connectivity index (χ3n) is 4.71. The van der Waals surface area contributed by atoms with Crippen molar-refractivity contribution < 1.29 is 19.2 Å². The minimum Gasteiger partial charge on any atom is -0.477 e. The molecule has 2 aromatic rings. The Hall–Kier alpha value is -2.97. The molecule has 0 N–H and O–H groups in total. The van der Waals surface area contributed by atoms with Crippen LogP contribution in [0.15, 0.2) is 42.5 Å². The largest absolute Gasteiger partial charge is 0.477 e. The van der Waals surface area contributed by atoms with E-state index in [1.807, 2.05) is 24.3 Å². The lowest BCUT2D eigenvalue weighted by Gasteiger charge is -2.34. The number of carbonyl (C=O) groups is 2. The average Bonchev–Trinajstić information content (AvgIpc) is 2.74. The third-order valence-corrected chi connectivity index (χ3v) is 4.96. The number of carbonyl (C=O) groups excluding carboxylic acids is 2. The Morgan fingerprint density at radius 3 is 2.45 bits per heavy atom. The number of halogens is 1. The van der Waals surface area contributed by atoms with E-state index in [1.165, 1.54) is 12.1 Å². The van der Waals surface area contributed by atoms with Crippen LogP contribution in [0, 0.1) is 10.1 Å². The number of benzene rings is 2. The number of aldehydes is 1. The van der Waals surface area contributed by atoms with Gasteiger partial charge in [0.05, 0.1) is 4.92 Å². The standard InChI is InChI=1S/C20H20ClN3O5/c21-17-4-1-15(2-5-17)12-22-7-9-23(10-8-22)20(26)14-29-19-6-3-16(13-25)11-18(19)24(27)28/h1-6,11,13H,7-10,12,14H2. The van der Waals surface area contributed by atoms with Crippen LogP contribution in [0.5, 0.6) is 5.75 Å². The van der Waals surface area contributed by atoms with Gasteiger partial charge in [0.1, 0.15) is 6.29 Å². The van der Waals surface area contributed by atoms with Crippen molar-refractivity contribution in [2.45, 2.75) is 6.54 Å². The molecule has 1 amide bonds. The van der Waals surface area contributed by atoms with Gasteiger partial charge < -0.3 is 9.64 Å². The number of amides is 1. The lowest BCUT2D eigenvalue weighted by atomic mass is 10.2. The second-order valence-corrected chi connectivity index (χ2v) is 7.11. The number of nitrogens with zero attached hydrogens (tertiary/aromatic N) is 3. The molecule has 0 bridgehead atoms. The quantitative estimate of drug-likeness (QED) is 0.390. The highest BCUT2D eigenvalue weighted by molar-refractivity contribution is 6.30. The number of rotatable bonds is 7. The van der Waals surface area contributed by atoms with Crippen molar-refractivity contribution in [3.05, 3.63) is 68.7 Å². The number of ether oxygens (including phenoxy) is 1. The molecular formula is C20H20ClN3O5. The zero-order valence-corrected chi connectivity index (χ0v) is 16.4. The van der Waals surface area contributed by atoms with E-state index in [1.54, 1.807) is 4.90 Å². The molecule has 8 nitrogen and oxygen atoms in total. The molecule has 0 radical (unpaired) electrons. The summed E-state index contributed by atoms with van der Waals surface area (Å²) in [6.07, 6.45) is 0.519. The zero-order valence-electron chi connectivity index (χ0n) is 15.6. The van der Waals surface area contributed by atoms with Crippen LogP contribution in [-0.4, -0.2) is 59.7 Å². The van der Waals surface area contributed by atoms with E-state index >= 15 is 0 Å². The predicted molar refractivity (Wildman–Crippen MR) is 107 cm³/mol. The SMILES string of the molecule is O=Cc1ccc(OCC(=O)N2CCN(Cc3ccc(Cl)cc3)CC2)c([N+](=O)[O-])c1. The highest BCUT2D eigenvalue weighted by atomic mass is 35.5. The van der Waals surface area contributed by atoms with Gasteiger partial charge in [-0.25, -0.2) is 0 Å². The maximum Gasteiger partial charge on any atom is 0.311 e. The highest BCUT2D eigenvalue weighted by Gasteiger charge is 2.23. The second-order valence-electron chi connectivity index (χ2n) is 6.67. The summed E-state index contributed by atoms with van der Waals surface area (Å²) < 4.78 is 5.37. The lowest BCUT2D eigenvalue weighted by Crippen LogP contribution is -2.49. The summed E-state index contributed by atoms with van der Waals surface area (Å²) in [6, 6.07) is 11.5. The van der Waals surface area contributed by atoms with E-state index in [0.717, 1.165) is 31.3 Å². The first-order valence-electron chi connectivity index (χ1n) is 9.07. The van der Waals surface area contributed by atoms with Gasteiger partial charge in [0.15, 0.2) is 12.4 Å². The topological polar surface area (TPSA) is 93.0 Å². The molecule has 1 heterocycles. The Kier molecular flexibility index (Phi) is 6.79. The Bertz CT molecular complexity index is 895. The summed E-state index contributed by atoms with van der Waals surface area (Å²) in [5, 5.41) is 11.8. The number of nitro benzene ring substituents is 1. The fourth-order valence-corrected chi connectivity index (χ4v) is 3.23. The monoisotopic (exact) mass is 417 g/mol. The molecule has 0 spiro atoms. The Morgan fingerprint density at radius 2 is 1.83 bits per heavy atom. The third kappa shape index (κ3) is 5.52. The van der Waals surface area contributed by atoms with Crippen molar-refractivity contribution in [1.82, 2.24) is 9.80 Å². The van der Waals surface area contributed by atoms with Gasteiger partial charge in [-0.3, -0.25) is 24.6 Å². The van der Waals surface area contributed by atoms with Crippen LogP contribution >= 0.6 is 11.6 Å². The zero-order chi connectivity index (χ0) is 20.8. The number of nitro groups is 1. The van der Waals surface area contributed by atoms with Gasteiger partial charge in [0.2, 0.25) is 0 Å². The van der Waals surface area contributed by atoms with Crippen molar-refractivity contribution in [3.8, 4) is 5.75 Å². The molecule has 1 aliphatic heterocycles. The molecule has 0 aromatic heterocycles. The van der Waals surface area contributed by atoms with E-state index in [9.17, 15) is 19.7 Å². The van der Waals surface area contributed by atoms with E-state index in [4.69, 9.17) is 16.3 Å². The van der Waals surface area contributed by atoms with E-state index in [0.29, 0.717) is 24.4 Å². The first-order chi connectivity index (χ1) is 14.0. The maximum atomic E-state index is 12.4. The minimum atomic E-state index is -0.637. The van der Waals surface area contributed by atoms with Crippen molar-refractivity contribution in [3.63, 3.8) is 0 Å². The van der Waals surface area contributed by atoms with Crippen LogP contribution in [0.25, 0.3) is 0 Å². The molecule has 3 rings (SSSR count). The highest BCUT2D eigenvalue weighted by Crippen LogP contribution is 2.27. The molecule has 1 aliphatic rings. The smallest absolute Gasteiger partial charge is 0.311 e. The van der Waals surface area contributed by atoms with Crippen LogP contribution in [0.1, 0.15) is 15.9 Å². The second kappa shape index (κ2) is 9.49. The fraction of sp³-hybridized carbons (Fsp3) is 0.300. The van der Waals surface area contributed by atoms with Gasteiger partial charge in [0, 0.05) is 49.4 Å². The molecule has 0 aliphatic carbocycles. The van der Waals surface area contributed by atoms with E-state index < -0.39 is 4.92 Å². The van der Waals surface area contributed by atoms with Crippen molar-refractivity contribution in [2.75, 3.05) is 32.8 Å². The van der Waals surface area contributed by atoms with E-state index in [2.05, 4.69) is 4.90 Å². The summed E-state index contributed by atoms with van der Waals surface area (Å²) in [5.41, 5.74) is 0.992. The van der Waals surface area contributed by atoms with Gasteiger partial charge in [-0.2, -0.15) is 0 Å². The average molecular weight is 418 g/mol. The molecule has 1 saturated heterocycles. The maximum absolute atomic E-state index is 12.4. The number of hydrogen-bond donors (Lipinski definition) is 0. The summed E-state index contributed by atoms with van der Waals surface area (Å²) in [5.74, 6) is -0.264. The number of piperazine rings is 1. The van der Waals surface area contributed by atoms with Gasteiger partial charge in [-0.1, -0.05) is 23.7 Å². The molecule has 29 heavy (non-hydrogen) atoms. The van der Waals surface area contributed by atoms with E-state index in [-0.39, 0.29) is 29.5 Å². The van der Waals surface area contributed by atoms with Crippen molar-refractivity contribution in [1.29, 1.82) is 0 Å². The normalized spacial score (nSPS) is 14.4. The van der Waals surface area contributed by atoms with Crippen LogP contribution in [-0.2, 0) is 11.3 Å². The molecular weight excluding hydrogens is 398 g/mol. The minimum absolute atomic E-state index is 0.0321. The van der Waals surface area contributed by atoms with Gasteiger partial charge in [-0.05, 0) is 29.8 Å². The lowest BCUT2D eigenvalue weighted by molar-refractivity contribution is -0.385. The Morgan fingerprint density at radius 1 is 1.14 bits per heavy atom. The fourth-order valence-electron chi connectivity index (χ4n) is 3.11. The molecule has 9 heteroatoms. The van der Waals surface area contributed by atoms with Crippen molar-refractivity contribution in [2.24, 2.45) is 0 Å². The summed E-state index contributed by atoms with van der Waals surface area (Å²) in [6.45, 7) is 3.05. The number of hydrogen-bond acceptors (Lipinski definition) is 6. The first kappa shape index (κ1) is 20.8. The molecule has 152 valence electrons. The van der Waals surface area contributed by atoms with Gasteiger partial charge >= 0.3 is 5.69 Å². The summed E-state index contributed by atoms with van der Waals surface area (Å²) in [7, 11) is 0. The molecule has 2 aromatic carbocycles. The van der Waals surface area contributed by atoms with Crippen LogP contribution in [0.2, 0.25) is 5.02 Å². The molecule has 0 unspecified atom stereocenters. The summed E-state index contributed by atoms with van der Waals surface area (Å²) >= 11 is 5.90. The van der Waals surface area contributed by atoms with Crippen LogP contribution in [0.4, 0.5) is 5.69 Å². The Balaban J connectivity index is 1.50. The van der Waals surface area contributed by atoms with Gasteiger partial charge in [0.25, 0.3) is 5.91 Å². The van der Waals surface area contributed by atoms with Gasteiger partial charge in [-0.15, -0.1) is 0 Å². The van der Waals surface area contributed by atoms with Crippen molar-refractivity contribution >= 4 is 29.5 Å². The van der Waals surface area contributed by atoms with Crippen LogP contribution in [0.3, 0.4) is 0 Å². The molecule has 0 atom stereocenters.